The number of nitrogens with zero attached hydrogens (tertiary/aromatic N) is 2. The van der Waals surface area contributed by atoms with Crippen molar-refractivity contribution >= 4 is 17.4 Å². The van der Waals surface area contributed by atoms with Crippen LogP contribution in [0.25, 0.3) is 0 Å². The molecule has 0 unspecified atom stereocenters. The highest BCUT2D eigenvalue weighted by Gasteiger charge is 2.01. The summed E-state index contributed by atoms with van der Waals surface area (Å²) in [7, 11) is 0. The largest absolute Gasteiger partial charge is 0.384 e. The molecule has 18 heavy (non-hydrogen) atoms. The van der Waals surface area contributed by atoms with E-state index in [1.165, 1.54) is 6.07 Å². The zero-order chi connectivity index (χ0) is 13.0. The van der Waals surface area contributed by atoms with Gasteiger partial charge in [0.05, 0.1) is 11.6 Å². The van der Waals surface area contributed by atoms with Crippen LogP contribution in [0.2, 0.25) is 5.02 Å². The summed E-state index contributed by atoms with van der Waals surface area (Å²) in [5.41, 5.74) is 6.43. The molecule has 0 bridgehead atoms. The van der Waals surface area contributed by atoms with Crippen LogP contribution in [-0.2, 0) is 13.1 Å². The SMILES string of the molecule is Nc1ccnc(CNCc2ccc(F)c(Cl)c2)n1. The molecule has 0 aliphatic heterocycles. The van der Waals surface area contributed by atoms with Crippen molar-refractivity contribution in [2.24, 2.45) is 0 Å². The first-order valence-corrected chi connectivity index (χ1v) is 5.75. The van der Waals surface area contributed by atoms with Crippen molar-refractivity contribution in [3.05, 3.63) is 52.7 Å². The molecule has 0 amide bonds. The van der Waals surface area contributed by atoms with Gasteiger partial charge in [0.15, 0.2) is 0 Å². The van der Waals surface area contributed by atoms with E-state index in [2.05, 4.69) is 15.3 Å². The Morgan fingerprint density at radius 1 is 1.28 bits per heavy atom. The maximum Gasteiger partial charge on any atom is 0.144 e. The number of hydrogen-bond donors (Lipinski definition) is 2. The van der Waals surface area contributed by atoms with Crippen LogP contribution in [0.3, 0.4) is 0 Å². The molecule has 0 radical (unpaired) electrons. The van der Waals surface area contributed by atoms with Gasteiger partial charge in [0.2, 0.25) is 0 Å². The lowest BCUT2D eigenvalue weighted by molar-refractivity contribution is 0.624. The minimum absolute atomic E-state index is 0.120. The zero-order valence-electron chi connectivity index (χ0n) is 9.53. The summed E-state index contributed by atoms with van der Waals surface area (Å²) in [6.45, 7) is 1.04. The molecule has 0 aliphatic rings. The van der Waals surface area contributed by atoms with Crippen molar-refractivity contribution in [2.75, 3.05) is 5.73 Å². The van der Waals surface area contributed by atoms with Gasteiger partial charge in [-0.25, -0.2) is 14.4 Å². The van der Waals surface area contributed by atoms with Gasteiger partial charge in [0.25, 0.3) is 0 Å². The van der Waals surface area contributed by atoms with Gasteiger partial charge in [-0.05, 0) is 23.8 Å². The van der Waals surface area contributed by atoms with Crippen molar-refractivity contribution in [3.8, 4) is 0 Å². The summed E-state index contributed by atoms with van der Waals surface area (Å²) in [6, 6.07) is 6.23. The Bertz CT molecular complexity index is 547. The third kappa shape index (κ3) is 3.38. The third-order valence-electron chi connectivity index (χ3n) is 2.32. The molecule has 0 saturated carbocycles. The lowest BCUT2D eigenvalue weighted by Crippen LogP contribution is -2.15. The predicted octanol–water partition coefficient (Wildman–Crippen LogP) is 2.14. The fourth-order valence-electron chi connectivity index (χ4n) is 1.47. The molecule has 1 aromatic heterocycles. The number of benzene rings is 1. The van der Waals surface area contributed by atoms with Gasteiger partial charge in [0.1, 0.15) is 17.5 Å². The van der Waals surface area contributed by atoms with Crippen molar-refractivity contribution in [1.82, 2.24) is 15.3 Å². The molecule has 4 nitrogen and oxygen atoms in total. The Morgan fingerprint density at radius 3 is 2.83 bits per heavy atom. The molecule has 0 fully saturated rings. The van der Waals surface area contributed by atoms with Crippen molar-refractivity contribution in [2.45, 2.75) is 13.1 Å². The maximum absolute atomic E-state index is 12.9. The number of hydrogen-bond acceptors (Lipinski definition) is 4. The Labute approximate surface area is 109 Å². The minimum atomic E-state index is -0.417. The van der Waals surface area contributed by atoms with Crippen LogP contribution in [0.5, 0.6) is 0 Å². The summed E-state index contributed by atoms with van der Waals surface area (Å²) >= 11 is 5.69. The number of halogens is 2. The highest BCUT2D eigenvalue weighted by atomic mass is 35.5. The monoisotopic (exact) mass is 266 g/mol. The molecular formula is C12H12ClFN4. The summed E-state index contributed by atoms with van der Waals surface area (Å²) in [5, 5.41) is 3.25. The number of anilines is 1. The first-order chi connectivity index (χ1) is 8.65. The van der Waals surface area contributed by atoms with E-state index in [0.717, 1.165) is 5.56 Å². The molecule has 2 aromatic rings. The van der Waals surface area contributed by atoms with E-state index in [4.69, 9.17) is 17.3 Å². The summed E-state index contributed by atoms with van der Waals surface area (Å²) < 4.78 is 12.9. The lowest BCUT2D eigenvalue weighted by Gasteiger charge is -2.05. The van der Waals surface area contributed by atoms with Gasteiger partial charge >= 0.3 is 0 Å². The molecule has 3 N–H and O–H groups in total. The number of rotatable bonds is 4. The number of nitrogens with one attached hydrogen (secondary N) is 1. The van der Waals surface area contributed by atoms with Crippen LogP contribution in [-0.4, -0.2) is 9.97 Å². The average Bonchev–Trinajstić information content (AvgIpc) is 2.34. The molecule has 1 aromatic carbocycles. The summed E-state index contributed by atoms with van der Waals surface area (Å²) in [5.74, 6) is 0.634. The highest BCUT2D eigenvalue weighted by Crippen LogP contribution is 2.15. The standard InChI is InChI=1S/C12H12ClFN4/c13-9-5-8(1-2-10(9)14)6-16-7-12-17-4-3-11(15)18-12/h1-5,16H,6-7H2,(H2,15,17,18). The minimum Gasteiger partial charge on any atom is -0.384 e. The molecule has 0 spiro atoms. The third-order valence-corrected chi connectivity index (χ3v) is 2.61. The molecule has 2 rings (SSSR count). The normalized spacial score (nSPS) is 10.6. The molecular weight excluding hydrogens is 255 g/mol. The maximum atomic E-state index is 12.9. The summed E-state index contributed by atoms with van der Waals surface area (Å²) in [4.78, 5) is 8.12. The Morgan fingerprint density at radius 2 is 2.11 bits per heavy atom. The zero-order valence-corrected chi connectivity index (χ0v) is 10.3. The Balaban J connectivity index is 1.90. The van der Waals surface area contributed by atoms with Crippen molar-refractivity contribution < 1.29 is 4.39 Å². The van der Waals surface area contributed by atoms with Gasteiger partial charge in [-0.2, -0.15) is 0 Å². The van der Waals surface area contributed by atoms with Gasteiger partial charge in [-0.15, -0.1) is 0 Å². The van der Waals surface area contributed by atoms with E-state index in [-0.39, 0.29) is 5.02 Å². The van der Waals surface area contributed by atoms with E-state index in [0.29, 0.717) is 24.7 Å². The molecule has 0 aliphatic carbocycles. The number of aromatic nitrogens is 2. The molecule has 94 valence electrons. The van der Waals surface area contributed by atoms with Crippen LogP contribution >= 0.6 is 11.6 Å². The van der Waals surface area contributed by atoms with E-state index in [1.807, 2.05) is 0 Å². The van der Waals surface area contributed by atoms with E-state index in [9.17, 15) is 4.39 Å². The van der Waals surface area contributed by atoms with E-state index < -0.39 is 5.82 Å². The van der Waals surface area contributed by atoms with Crippen molar-refractivity contribution in [1.29, 1.82) is 0 Å². The van der Waals surface area contributed by atoms with Crippen LogP contribution in [0.1, 0.15) is 11.4 Å². The van der Waals surface area contributed by atoms with Gasteiger partial charge < -0.3 is 11.1 Å². The summed E-state index contributed by atoms with van der Waals surface area (Å²) in [6.07, 6.45) is 1.61. The Kier molecular flexibility index (Phi) is 4.07. The van der Waals surface area contributed by atoms with Crippen LogP contribution in [0.4, 0.5) is 10.2 Å². The van der Waals surface area contributed by atoms with Crippen LogP contribution in [0, 0.1) is 5.82 Å². The predicted molar refractivity (Wildman–Crippen MR) is 68.4 cm³/mol. The number of nitrogen functional groups attached to an aromatic ring is 1. The topological polar surface area (TPSA) is 63.8 Å². The second-order valence-corrected chi connectivity index (χ2v) is 4.16. The fourth-order valence-corrected chi connectivity index (χ4v) is 1.67. The number of nitrogens with two attached hydrogens (primary N) is 1. The average molecular weight is 267 g/mol. The van der Waals surface area contributed by atoms with Gasteiger partial charge in [-0.3, -0.25) is 0 Å². The Hall–Kier alpha value is -1.72. The second kappa shape index (κ2) is 5.75. The first kappa shape index (κ1) is 12.7. The molecule has 6 heteroatoms. The van der Waals surface area contributed by atoms with Gasteiger partial charge in [-0.1, -0.05) is 17.7 Å². The first-order valence-electron chi connectivity index (χ1n) is 5.37. The second-order valence-electron chi connectivity index (χ2n) is 3.75. The smallest absolute Gasteiger partial charge is 0.144 e. The van der Waals surface area contributed by atoms with E-state index in [1.54, 1.807) is 24.4 Å². The van der Waals surface area contributed by atoms with E-state index >= 15 is 0 Å². The molecule has 0 atom stereocenters. The molecule has 1 heterocycles. The van der Waals surface area contributed by atoms with Crippen LogP contribution < -0.4 is 11.1 Å². The fraction of sp³-hybridized carbons (Fsp3) is 0.167. The highest BCUT2D eigenvalue weighted by molar-refractivity contribution is 6.30. The molecule has 0 saturated heterocycles. The lowest BCUT2D eigenvalue weighted by atomic mass is 10.2. The van der Waals surface area contributed by atoms with Crippen molar-refractivity contribution in [3.63, 3.8) is 0 Å². The quantitative estimate of drug-likeness (QED) is 0.890. The van der Waals surface area contributed by atoms with Crippen LogP contribution in [0.15, 0.2) is 30.5 Å². The van der Waals surface area contributed by atoms with Gasteiger partial charge in [0, 0.05) is 12.7 Å².